The van der Waals surface area contributed by atoms with Crippen LogP contribution in [0, 0.1) is 22.7 Å². The lowest BCUT2D eigenvalue weighted by molar-refractivity contribution is 0.404. The van der Waals surface area contributed by atoms with E-state index in [2.05, 4.69) is 0 Å². The summed E-state index contributed by atoms with van der Waals surface area (Å²) in [6.07, 6.45) is 1.62. The number of nitrogens with two attached hydrogens (primary N) is 1. The summed E-state index contributed by atoms with van der Waals surface area (Å²) in [5.41, 5.74) is 6.15. The van der Waals surface area contributed by atoms with E-state index < -0.39 is 0 Å². The molecule has 0 saturated carbocycles. The minimum atomic E-state index is -0.217. The van der Waals surface area contributed by atoms with Gasteiger partial charge in [0.1, 0.15) is 23.5 Å². The SMILES string of the molecule is CC(C)(C)n1cc(C#N)c(C#N)c1N. The Morgan fingerprint density at radius 2 is 1.86 bits per heavy atom. The molecule has 1 rings (SSSR count). The predicted molar refractivity (Wildman–Crippen MR) is 53.3 cm³/mol. The first-order valence-corrected chi connectivity index (χ1v) is 4.23. The topological polar surface area (TPSA) is 78.5 Å². The highest BCUT2D eigenvalue weighted by molar-refractivity contribution is 5.59. The summed E-state index contributed by atoms with van der Waals surface area (Å²) >= 11 is 0. The fraction of sp³-hybridized carbons (Fsp3) is 0.400. The van der Waals surface area contributed by atoms with E-state index in [4.69, 9.17) is 16.3 Å². The Morgan fingerprint density at radius 1 is 1.29 bits per heavy atom. The normalized spacial score (nSPS) is 10.6. The van der Waals surface area contributed by atoms with Crippen molar-refractivity contribution in [1.82, 2.24) is 4.57 Å². The number of aromatic nitrogens is 1. The van der Waals surface area contributed by atoms with Crippen LogP contribution in [0.2, 0.25) is 0 Å². The molecule has 0 saturated heterocycles. The van der Waals surface area contributed by atoms with Crippen LogP contribution in [-0.2, 0) is 5.54 Å². The van der Waals surface area contributed by atoms with Gasteiger partial charge < -0.3 is 10.3 Å². The number of nitriles is 2. The van der Waals surface area contributed by atoms with Gasteiger partial charge in [-0.2, -0.15) is 10.5 Å². The number of rotatable bonds is 0. The van der Waals surface area contributed by atoms with Crippen molar-refractivity contribution in [3.63, 3.8) is 0 Å². The summed E-state index contributed by atoms with van der Waals surface area (Å²) in [5, 5.41) is 17.6. The number of nitrogen functional groups attached to an aromatic ring is 1. The largest absolute Gasteiger partial charge is 0.384 e. The van der Waals surface area contributed by atoms with Crippen LogP contribution in [0.15, 0.2) is 6.20 Å². The van der Waals surface area contributed by atoms with Gasteiger partial charge in [0.2, 0.25) is 0 Å². The third kappa shape index (κ3) is 1.43. The van der Waals surface area contributed by atoms with E-state index in [-0.39, 0.29) is 11.1 Å². The second-order valence-corrected chi connectivity index (χ2v) is 4.07. The molecule has 0 aromatic carbocycles. The first-order chi connectivity index (χ1) is 6.41. The third-order valence-corrected chi connectivity index (χ3v) is 2.00. The highest BCUT2D eigenvalue weighted by atomic mass is 15.1. The van der Waals surface area contributed by atoms with Crippen LogP contribution in [-0.4, -0.2) is 4.57 Å². The molecule has 72 valence electrons. The Bertz CT molecular complexity index is 434. The van der Waals surface area contributed by atoms with Gasteiger partial charge in [-0.1, -0.05) is 0 Å². The summed E-state index contributed by atoms with van der Waals surface area (Å²) in [6, 6.07) is 3.90. The van der Waals surface area contributed by atoms with E-state index in [0.29, 0.717) is 11.4 Å². The number of hydrogen-bond acceptors (Lipinski definition) is 3. The first-order valence-electron chi connectivity index (χ1n) is 4.23. The van der Waals surface area contributed by atoms with Gasteiger partial charge in [0.05, 0.1) is 5.56 Å². The molecule has 0 radical (unpaired) electrons. The number of nitrogens with zero attached hydrogens (tertiary/aromatic N) is 3. The van der Waals surface area contributed by atoms with Crippen LogP contribution in [0.3, 0.4) is 0 Å². The van der Waals surface area contributed by atoms with Crippen molar-refractivity contribution in [1.29, 1.82) is 10.5 Å². The van der Waals surface area contributed by atoms with Crippen molar-refractivity contribution in [3.05, 3.63) is 17.3 Å². The van der Waals surface area contributed by atoms with Gasteiger partial charge in [0.15, 0.2) is 0 Å². The molecule has 0 spiro atoms. The number of anilines is 1. The Labute approximate surface area is 83.2 Å². The Balaban J connectivity index is 3.47. The second-order valence-electron chi connectivity index (χ2n) is 4.07. The van der Waals surface area contributed by atoms with Crippen LogP contribution in [0.4, 0.5) is 5.82 Å². The van der Waals surface area contributed by atoms with Crippen LogP contribution >= 0.6 is 0 Å². The zero-order chi connectivity index (χ0) is 10.9. The van der Waals surface area contributed by atoms with E-state index in [9.17, 15) is 0 Å². The molecule has 2 N–H and O–H groups in total. The molecule has 0 atom stereocenters. The molecule has 0 aliphatic rings. The zero-order valence-corrected chi connectivity index (χ0v) is 8.50. The van der Waals surface area contributed by atoms with Crippen molar-refractivity contribution in [2.45, 2.75) is 26.3 Å². The van der Waals surface area contributed by atoms with Gasteiger partial charge >= 0.3 is 0 Å². The molecule has 0 aliphatic carbocycles. The molecule has 14 heavy (non-hydrogen) atoms. The standard InChI is InChI=1S/C10H12N4/c1-10(2,3)14-6-7(4-11)8(5-12)9(14)13/h6H,13H2,1-3H3. The van der Waals surface area contributed by atoms with Crippen molar-refractivity contribution in [2.24, 2.45) is 0 Å². The molecule has 4 heteroatoms. The third-order valence-electron chi connectivity index (χ3n) is 2.00. The van der Waals surface area contributed by atoms with E-state index >= 15 is 0 Å². The fourth-order valence-corrected chi connectivity index (χ4v) is 1.28. The van der Waals surface area contributed by atoms with Crippen molar-refractivity contribution in [3.8, 4) is 12.1 Å². The average Bonchev–Trinajstić information content (AvgIpc) is 2.40. The zero-order valence-electron chi connectivity index (χ0n) is 8.50. The Morgan fingerprint density at radius 3 is 2.14 bits per heavy atom. The van der Waals surface area contributed by atoms with Crippen LogP contribution in [0.25, 0.3) is 0 Å². The summed E-state index contributed by atoms with van der Waals surface area (Å²) in [6.45, 7) is 5.89. The fourth-order valence-electron chi connectivity index (χ4n) is 1.28. The van der Waals surface area contributed by atoms with E-state index in [0.717, 1.165) is 0 Å². The van der Waals surface area contributed by atoms with Gasteiger partial charge in [0.25, 0.3) is 0 Å². The molecule has 1 aromatic rings. The highest BCUT2D eigenvalue weighted by Gasteiger charge is 2.20. The summed E-state index contributed by atoms with van der Waals surface area (Å²) in [4.78, 5) is 0. The molecule has 0 bridgehead atoms. The summed E-state index contributed by atoms with van der Waals surface area (Å²) < 4.78 is 1.74. The lowest BCUT2D eigenvalue weighted by Gasteiger charge is -2.22. The second kappa shape index (κ2) is 3.08. The Kier molecular flexibility index (Phi) is 2.23. The molecule has 1 heterocycles. The number of hydrogen-bond donors (Lipinski definition) is 1. The van der Waals surface area contributed by atoms with Crippen LogP contribution in [0.1, 0.15) is 31.9 Å². The van der Waals surface area contributed by atoms with E-state index in [1.165, 1.54) is 0 Å². The molecular weight excluding hydrogens is 176 g/mol. The minimum Gasteiger partial charge on any atom is -0.384 e. The molecule has 4 nitrogen and oxygen atoms in total. The smallest absolute Gasteiger partial charge is 0.123 e. The van der Waals surface area contributed by atoms with Gasteiger partial charge in [-0.3, -0.25) is 0 Å². The first kappa shape index (κ1) is 10.1. The average molecular weight is 188 g/mol. The van der Waals surface area contributed by atoms with E-state index in [1.807, 2.05) is 32.9 Å². The minimum absolute atomic E-state index is 0.217. The highest BCUT2D eigenvalue weighted by Crippen LogP contribution is 2.25. The molecule has 0 unspecified atom stereocenters. The molecule has 0 amide bonds. The van der Waals surface area contributed by atoms with Crippen LogP contribution in [0.5, 0.6) is 0 Å². The lowest BCUT2D eigenvalue weighted by Crippen LogP contribution is -2.22. The molecule has 0 aliphatic heterocycles. The maximum absolute atomic E-state index is 8.81. The maximum atomic E-state index is 8.81. The molecule has 0 fully saturated rings. The quantitative estimate of drug-likeness (QED) is 0.671. The van der Waals surface area contributed by atoms with Crippen molar-refractivity contribution in [2.75, 3.05) is 5.73 Å². The molecule has 1 aromatic heterocycles. The van der Waals surface area contributed by atoms with Crippen molar-refractivity contribution >= 4 is 5.82 Å². The van der Waals surface area contributed by atoms with Crippen molar-refractivity contribution < 1.29 is 0 Å². The molecular formula is C10H12N4. The lowest BCUT2D eigenvalue weighted by atomic mass is 10.1. The monoisotopic (exact) mass is 188 g/mol. The van der Waals surface area contributed by atoms with Gasteiger partial charge in [-0.05, 0) is 20.8 Å². The van der Waals surface area contributed by atoms with Gasteiger partial charge in [-0.15, -0.1) is 0 Å². The van der Waals surface area contributed by atoms with Gasteiger partial charge in [-0.25, -0.2) is 0 Å². The van der Waals surface area contributed by atoms with E-state index in [1.54, 1.807) is 10.8 Å². The van der Waals surface area contributed by atoms with Gasteiger partial charge in [0, 0.05) is 11.7 Å². The van der Waals surface area contributed by atoms with Crippen LogP contribution < -0.4 is 5.73 Å². The maximum Gasteiger partial charge on any atom is 0.123 e. The Hall–Kier alpha value is -1.94. The summed E-state index contributed by atoms with van der Waals surface area (Å²) in [5.74, 6) is 0.358. The summed E-state index contributed by atoms with van der Waals surface area (Å²) in [7, 11) is 0. The predicted octanol–water partition coefficient (Wildman–Crippen LogP) is 1.57.